The molecule has 17 heavy (non-hydrogen) atoms. The molecule has 0 saturated heterocycles. The molecule has 0 aliphatic carbocycles. The largest absolute Gasteiger partial charge is 0.364 e. The number of nitrogens with two attached hydrogens (primary N) is 1. The summed E-state index contributed by atoms with van der Waals surface area (Å²) in [6.45, 7) is 1.98. The van der Waals surface area contributed by atoms with Gasteiger partial charge in [-0.25, -0.2) is 4.98 Å². The molecule has 90 valence electrons. The topological polar surface area (TPSA) is 85.8 Å². The highest BCUT2D eigenvalue weighted by Crippen LogP contribution is 2.27. The second-order valence-corrected chi connectivity index (χ2v) is 4.61. The second-order valence-electron chi connectivity index (χ2n) is 3.53. The quantitative estimate of drug-likeness (QED) is 0.857. The Labute approximate surface area is 102 Å². The number of nitrogens with one attached hydrogen (secondary N) is 1. The van der Waals surface area contributed by atoms with Crippen LogP contribution in [0.3, 0.4) is 0 Å². The summed E-state index contributed by atoms with van der Waals surface area (Å²) in [7, 11) is 1.82. The van der Waals surface area contributed by atoms with Gasteiger partial charge in [0.25, 0.3) is 5.91 Å². The van der Waals surface area contributed by atoms with Gasteiger partial charge in [-0.1, -0.05) is 6.92 Å². The van der Waals surface area contributed by atoms with Gasteiger partial charge in [0.1, 0.15) is 5.00 Å². The first-order valence-corrected chi connectivity index (χ1v) is 5.97. The lowest BCUT2D eigenvalue weighted by Crippen LogP contribution is -2.13. The molecule has 0 radical (unpaired) electrons. The van der Waals surface area contributed by atoms with Crippen LogP contribution in [0.2, 0.25) is 0 Å². The Kier molecular flexibility index (Phi) is 3.10. The number of thiazole rings is 1. The van der Waals surface area contributed by atoms with E-state index in [1.165, 1.54) is 11.3 Å². The summed E-state index contributed by atoms with van der Waals surface area (Å²) in [5.41, 5.74) is 6.38. The summed E-state index contributed by atoms with van der Waals surface area (Å²) in [5.74, 6) is -0.521. The van der Waals surface area contributed by atoms with Crippen LogP contribution in [-0.4, -0.2) is 20.7 Å². The third kappa shape index (κ3) is 2.44. The lowest BCUT2D eigenvalue weighted by atomic mass is 10.4. The summed E-state index contributed by atoms with van der Waals surface area (Å²) in [6.07, 6.45) is 4.27. The molecule has 2 aromatic heterocycles. The maximum Gasteiger partial charge on any atom is 0.270 e. The number of carbonyl (C=O) groups is 1. The van der Waals surface area contributed by atoms with Gasteiger partial charge in [0, 0.05) is 13.2 Å². The van der Waals surface area contributed by atoms with Gasteiger partial charge >= 0.3 is 0 Å². The Balaban J connectivity index is 2.30. The standard InChI is InChI=1S/C10H13N5OS/c1-3-7-14-8(9(11)16)10(17-7)13-6-4-12-15(2)5-6/h4-5,13H,3H2,1-2H3,(H2,11,16). The molecule has 0 atom stereocenters. The summed E-state index contributed by atoms with van der Waals surface area (Å²) in [6, 6.07) is 0. The van der Waals surface area contributed by atoms with E-state index in [0.29, 0.717) is 5.00 Å². The van der Waals surface area contributed by atoms with E-state index in [2.05, 4.69) is 15.4 Å². The van der Waals surface area contributed by atoms with Crippen LogP contribution in [0.15, 0.2) is 12.4 Å². The van der Waals surface area contributed by atoms with Gasteiger partial charge in [-0.05, 0) is 6.42 Å². The molecule has 0 aliphatic rings. The lowest BCUT2D eigenvalue weighted by molar-refractivity contribution is 0.0997. The van der Waals surface area contributed by atoms with Crippen molar-refractivity contribution in [2.45, 2.75) is 13.3 Å². The first kappa shape index (κ1) is 11.6. The van der Waals surface area contributed by atoms with E-state index in [0.717, 1.165) is 17.1 Å². The monoisotopic (exact) mass is 251 g/mol. The van der Waals surface area contributed by atoms with Crippen molar-refractivity contribution in [3.63, 3.8) is 0 Å². The normalized spacial score (nSPS) is 10.5. The van der Waals surface area contributed by atoms with Crippen molar-refractivity contribution in [2.24, 2.45) is 12.8 Å². The number of aryl methyl sites for hydroxylation is 2. The third-order valence-electron chi connectivity index (χ3n) is 2.17. The number of amides is 1. The molecule has 0 spiro atoms. The summed E-state index contributed by atoms with van der Waals surface area (Å²) in [4.78, 5) is 15.4. The fourth-order valence-corrected chi connectivity index (χ4v) is 2.31. The number of aromatic nitrogens is 3. The predicted octanol–water partition coefficient (Wildman–Crippen LogP) is 1.28. The first-order chi connectivity index (χ1) is 8.10. The number of hydrogen-bond acceptors (Lipinski definition) is 5. The Morgan fingerprint density at radius 3 is 2.94 bits per heavy atom. The molecule has 1 amide bonds. The molecule has 3 N–H and O–H groups in total. The Hall–Kier alpha value is -1.89. The van der Waals surface area contributed by atoms with Crippen molar-refractivity contribution >= 4 is 27.9 Å². The fraction of sp³-hybridized carbons (Fsp3) is 0.300. The fourth-order valence-electron chi connectivity index (χ4n) is 1.38. The minimum atomic E-state index is -0.521. The molecule has 0 bridgehead atoms. The van der Waals surface area contributed by atoms with Gasteiger partial charge in [-0.3, -0.25) is 9.48 Å². The zero-order valence-electron chi connectivity index (χ0n) is 9.60. The summed E-state index contributed by atoms with van der Waals surface area (Å²) >= 11 is 1.43. The number of primary amides is 1. The Bertz CT molecular complexity index is 545. The van der Waals surface area contributed by atoms with E-state index in [1.54, 1.807) is 10.9 Å². The van der Waals surface area contributed by atoms with Crippen LogP contribution >= 0.6 is 11.3 Å². The van der Waals surface area contributed by atoms with Crippen molar-refractivity contribution in [1.29, 1.82) is 0 Å². The molecule has 0 unspecified atom stereocenters. The van der Waals surface area contributed by atoms with Crippen LogP contribution in [0.4, 0.5) is 10.7 Å². The summed E-state index contributed by atoms with van der Waals surface area (Å²) in [5, 5.41) is 8.69. The van der Waals surface area contributed by atoms with Crippen LogP contribution < -0.4 is 11.1 Å². The van der Waals surface area contributed by atoms with Crippen molar-refractivity contribution in [3.8, 4) is 0 Å². The number of carbonyl (C=O) groups excluding carboxylic acids is 1. The number of anilines is 2. The highest BCUT2D eigenvalue weighted by atomic mass is 32.1. The van der Waals surface area contributed by atoms with E-state index in [9.17, 15) is 4.79 Å². The third-order valence-corrected chi connectivity index (χ3v) is 3.29. The molecule has 7 heteroatoms. The van der Waals surface area contributed by atoms with Crippen LogP contribution in [0.1, 0.15) is 22.4 Å². The predicted molar refractivity (Wildman–Crippen MR) is 66.5 cm³/mol. The van der Waals surface area contributed by atoms with Gasteiger partial charge < -0.3 is 11.1 Å². The molecule has 2 aromatic rings. The number of nitrogens with zero attached hydrogens (tertiary/aromatic N) is 3. The molecule has 0 aliphatic heterocycles. The average molecular weight is 251 g/mol. The molecule has 2 rings (SSSR count). The van der Waals surface area contributed by atoms with Crippen molar-refractivity contribution < 1.29 is 4.79 Å². The average Bonchev–Trinajstić information content (AvgIpc) is 2.85. The molecule has 2 heterocycles. The van der Waals surface area contributed by atoms with E-state index in [4.69, 9.17) is 5.73 Å². The zero-order valence-corrected chi connectivity index (χ0v) is 10.4. The Morgan fingerprint density at radius 2 is 2.41 bits per heavy atom. The van der Waals surface area contributed by atoms with E-state index in [-0.39, 0.29) is 5.69 Å². The number of hydrogen-bond donors (Lipinski definition) is 2. The number of rotatable bonds is 4. The van der Waals surface area contributed by atoms with E-state index in [1.807, 2.05) is 20.2 Å². The molecule has 0 saturated carbocycles. The molecular formula is C10H13N5OS. The van der Waals surface area contributed by atoms with Crippen molar-refractivity contribution in [2.75, 3.05) is 5.32 Å². The Morgan fingerprint density at radius 1 is 1.65 bits per heavy atom. The lowest BCUT2D eigenvalue weighted by Gasteiger charge is -1.99. The van der Waals surface area contributed by atoms with E-state index >= 15 is 0 Å². The van der Waals surface area contributed by atoms with Crippen LogP contribution in [0, 0.1) is 0 Å². The van der Waals surface area contributed by atoms with Crippen molar-refractivity contribution in [1.82, 2.24) is 14.8 Å². The zero-order chi connectivity index (χ0) is 12.4. The van der Waals surface area contributed by atoms with Gasteiger partial charge in [-0.15, -0.1) is 11.3 Å². The van der Waals surface area contributed by atoms with Crippen molar-refractivity contribution in [3.05, 3.63) is 23.1 Å². The maximum atomic E-state index is 11.3. The minimum Gasteiger partial charge on any atom is -0.364 e. The second kappa shape index (κ2) is 4.54. The molecule has 0 aromatic carbocycles. The van der Waals surface area contributed by atoms with Gasteiger partial charge in [-0.2, -0.15) is 5.10 Å². The highest BCUT2D eigenvalue weighted by Gasteiger charge is 2.15. The first-order valence-electron chi connectivity index (χ1n) is 5.15. The van der Waals surface area contributed by atoms with Crippen LogP contribution in [-0.2, 0) is 13.5 Å². The molecule has 0 fully saturated rings. The molecular weight excluding hydrogens is 238 g/mol. The van der Waals surface area contributed by atoms with Crippen LogP contribution in [0.5, 0.6) is 0 Å². The van der Waals surface area contributed by atoms with Gasteiger partial charge in [0.15, 0.2) is 5.69 Å². The van der Waals surface area contributed by atoms with Crippen LogP contribution in [0.25, 0.3) is 0 Å². The molecule has 6 nitrogen and oxygen atoms in total. The highest BCUT2D eigenvalue weighted by molar-refractivity contribution is 7.16. The minimum absolute atomic E-state index is 0.288. The van der Waals surface area contributed by atoms with Gasteiger partial charge in [0.2, 0.25) is 0 Å². The maximum absolute atomic E-state index is 11.3. The SMILES string of the molecule is CCc1nc(C(N)=O)c(Nc2cnn(C)c2)s1. The smallest absolute Gasteiger partial charge is 0.270 e. The van der Waals surface area contributed by atoms with E-state index < -0.39 is 5.91 Å². The summed E-state index contributed by atoms with van der Waals surface area (Å²) < 4.78 is 1.67. The van der Waals surface area contributed by atoms with Gasteiger partial charge in [0.05, 0.1) is 16.9 Å².